The fourth-order valence-electron chi connectivity index (χ4n) is 1.93. The summed E-state index contributed by atoms with van der Waals surface area (Å²) in [6, 6.07) is 0. The lowest BCUT2D eigenvalue weighted by Crippen LogP contribution is -2.16. The Morgan fingerprint density at radius 3 is 2.90 bits per heavy atom. The summed E-state index contributed by atoms with van der Waals surface area (Å²) in [4.78, 5) is 16.0. The number of nitrogens with zero attached hydrogens (tertiary/aromatic N) is 5. The highest BCUT2D eigenvalue weighted by Gasteiger charge is 2.20. The van der Waals surface area contributed by atoms with Gasteiger partial charge in [-0.2, -0.15) is 0 Å². The molecule has 0 bridgehead atoms. The minimum absolute atomic E-state index is 0.161. The van der Waals surface area contributed by atoms with Gasteiger partial charge in [0.25, 0.3) is 0 Å². The van der Waals surface area contributed by atoms with Crippen LogP contribution >= 0.6 is 0 Å². The summed E-state index contributed by atoms with van der Waals surface area (Å²) in [5, 5.41) is 7.84. The van der Waals surface area contributed by atoms with Crippen molar-refractivity contribution in [3.05, 3.63) is 29.6 Å². The fraction of sp³-hybridized carbons (Fsp3) is 0.500. The van der Waals surface area contributed by atoms with Crippen LogP contribution < -0.4 is 5.73 Å². The minimum Gasteiger partial charge on any atom is -0.461 e. The molecule has 8 nitrogen and oxygen atoms in total. The molecular weight excluding hydrogens is 260 g/mol. The first-order valence-corrected chi connectivity index (χ1v) is 6.50. The standard InChI is InChI=1S/C12H18N6O2/c1-3-17-6-5-14-10(17)8-18-9(7-13)11(15-16-18)12(19)20-4-2/h5-6H,3-4,7-8,13H2,1-2H3. The number of imidazole rings is 1. The molecule has 0 radical (unpaired) electrons. The third-order valence-electron chi connectivity index (χ3n) is 2.93. The lowest BCUT2D eigenvalue weighted by atomic mass is 10.3. The number of ether oxygens (including phenoxy) is 1. The van der Waals surface area contributed by atoms with Gasteiger partial charge in [0.2, 0.25) is 0 Å². The topological polar surface area (TPSA) is 101 Å². The van der Waals surface area contributed by atoms with Crippen molar-refractivity contribution in [1.29, 1.82) is 0 Å². The number of aromatic nitrogens is 5. The van der Waals surface area contributed by atoms with Gasteiger partial charge in [0.05, 0.1) is 12.3 Å². The van der Waals surface area contributed by atoms with E-state index in [0.29, 0.717) is 12.2 Å². The number of hydrogen-bond acceptors (Lipinski definition) is 6. The smallest absolute Gasteiger partial charge is 0.360 e. The van der Waals surface area contributed by atoms with E-state index in [2.05, 4.69) is 15.3 Å². The zero-order valence-corrected chi connectivity index (χ0v) is 11.6. The molecule has 108 valence electrons. The van der Waals surface area contributed by atoms with Crippen molar-refractivity contribution in [3.63, 3.8) is 0 Å². The molecule has 2 heterocycles. The average Bonchev–Trinajstić information content (AvgIpc) is 3.05. The number of carbonyl (C=O) groups is 1. The molecule has 8 heteroatoms. The van der Waals surface area contributed by atoms with Crippen molar-refractivity contribution in [2.24, 2.45) is 5.73 Å². The van der Waals surface area contributed by atoms with Gasteiger partial charge >= 0.3 is 5.97 Å². The highest BCUT2D eigenvalue weighted by atomic mass is 16.5. The minimum atomic E-state index is -0.502. The van der Waals surface area contributed by atoms with Gasteiger partial charge in [0, 0.05) is 25.5 Å². The van der Waals surface area contributed by atoms with E-state index in [1.807, 2.05) is 17.7 Å². The molecule has 0 amide bonds. The monoisotopic (exact) mass is 278 g/mol. The molecular formula is C12H18N6O2. The molecule has 2 aromatic rings. The van der Waals surface area contributed by atoms with Crippen LogP contribution in [0, 0.1) is 0 Å². The summed E-state index contributed by atoms with van der Waals surface area (Å²) < 4.78 is 8.51. The maximum atomic E-state index is 11.7. The molecule has 0 saturated heterocycles. The van der Waals surface area contributed by atoms with Crippen molar-refractivity contribution in [2.75, 3.05) is 6.61 Å². The second kappa shape index (κ2) is 6.29. The van der Waals surface area contributed by atoms with Crippen LogP contribution in [0.3, 0.4) is 0 Å². The van der Waals surface area contributed by atoms with E-state index in [1.165, 1.54) is 0 Å². The Labute approximate surface area is 116 Å². The van der Waals surface area contributed by atoms with E-state index in [1.54, 1.807) is 17.8 Å². The van der Waals surface area contributed by atoms with Crippen molar-refractivity contribution in [2.45, 2.75) is 33.5 Å². The Morgan fingerprint density at radius 2 is 2.25 bits per heavy atom. The van der Waals surface area contributed by atoms with Crippen LogP contribution in [0.5, 0.6) is 0 Å². The molecule has 20 heavy (non-hydrogen) atoms. The van der Waals surface area contributed by atoms with E-state index in [9.17, 15) is 4.79 Å². The Morgan fingerprint density at radius 1 is 1.45 bits per heavy atom. The Hall–Kier alpha value is -2.22. The normalized spacial score (nSPS) is 10.8. The lowest BCUT2D eigenvalue weighted by molar-refractivity contribution is 0.0518. The molecule has 0 atom stereocenters. The van der Waals surface area contributed by atoms with Gasteiger partial charge in [-0.25, -0.2) is 14.5 Å². The van der Waals surface area contributed by atoms with Crippen LogP contribution in [-0.2, 0) is 24.4 Å². The maximum Gasteiger partial charge on any atom is 0.360 e. The third-order valence-corrected chi connectivity index (χ3v) is 2.93. The molecule has 0 aliphatic rings. The van der Waals surface area contributed by atoms with Crippen LogP contribution in [0.15, 0.2) is 12.4 Å². The number of nitrogens with two attached hydrogens (primary N) is 1. The molecule has 0 saturated carbocycles. The van der Waals surface area contributed by atoms with Crippen molar-refractivity contribution in [3.8, 4) is 0 Å². The van der Waals surface area contributed by atoms with E-state index in [0.717, 1.165) is 12.4 Å². The predicted octanol–water partition coefficient (Wildman–Crippen LogP) is 0.178. The fourth-order valence-corrected chi connectivity index (χ4v) is 1.93. The van der Waals surface area contributed by atoms with Gasteiger partial charge in [-0.05, 0) is 13.8 Å². The number of hydrogen-bond donors (Lipinski definition) is 1. The third kappa shape index (κ3) is 2.69. The number of aryl methyl sites for hydroxylation is 1. The van der Waals surface area contributed by atoms with Gasteiger partial charge in [-0.15, -0.1) is 5.10 Å². The second-order valence-electron chi connectivity index (χ2n) is 4.10. The van der Waals surface area contributed by atoms with Crippen molar-refractivity contribution < 1.29 is 9.53 Å². The van der Waals surface area contributed by atoms with E-state index >= 15 is 0 Å². The van der Waals surface area contributed by atoms with Crippen LogP contribution in [0.1, 0.15) is 35.9 Å². The molecule has 2 aromatic heterocycles. The molecule has 0 aromatic carbocycles. The average molecular weight is 278 g/mol. The van der Waals surface area contributed by atoms with Gasteiger partial charge in [-0.3, -0.25) is 0 Å². The van der Waals surface area contributed by atoms with Crippen LogP contribution in [0.25, 0.3) is 0 Å². The maximum absolute atomic E-state index is 11.7. The first kappa shape index (κ1) is 14.2. The Kier molecular flexibility index (Phi) is 4.46. The zero-order chi connectivity index (χ0) is 14.5. The molecule has 0 fully saturated rings. The molecule has 0 aliphatic carbocycles. The van der Waals surface area contributed by atoms with Gasteiger partial charge in [0.1, 0.15) is 12.4 Å². The Bertz CT molecular complexity index is 589. The predicted molar refractivity (Wildman–Crippen MR) is 70.9 cm³/mol. The number of rotatable bonds is 6. The van der Waals surface area contributed by atoms with Crippen LogP contribution in [0.4, 0.5) is 0 Å². The van der Waals surface area contributed by atoms with Gasteiger partial charge in [-0.1, -0.05) is 5.21 Å². The van der Waals surface area contributed by atoms with Gasteiger partial charge < -0.3 is 15.0 Å². The number of esters is 1. The highest BCUT2D eigenvalue weighted by molar-refractivity contribution is 5.88. The van der Waals surface area contributed by atoms with E-state index < -0.39 is 5.97 Å². The summed E-state index contributed by atoms with van der Waals surface area (Å²) in [6.45, 7) is 5.44. The van der Waals surface area contributed by atoms with Crippen molar-refractivity contribution in [1.82, 2.24) is 24.5 Å². The summed E-state index contributed by atoms with van der Waals surface area (Å²) in [6.07, 6.45) is 3.62. The first-order valence-electron chi connectivity index (χ1n) is 6.50. The van der Waals surface area contributed by atoms with Crippen LogP contribution in [-0.4, -0.2) is 37.1 Å². The SMILES string of the molecule is CCOC(=O)c1nnn(Cc2nccn2CC)c1CN. The quantitative estimate of drug-likeness (QED) is 0.756. The Balaban J connectivity index is 2.27. The summed E-state index contributed by atoms with van der Waals surface area (Å²) in [5.41, 5.74) is 6.41. The van der Waals surface area contributed by atoms with E-state index in [-0.39, 0.29) is 18.8 Å². The van der Waals surface area contributed by atoms with Gasteiger partial charge in [0.15, 0.2) is 5.69 Å². The molecule has 0 spiro atoms. The van der Waals surface area contributed by atoms with E-state index in [4.69, 9.17) is 10.5 Å². The number of carbonyl (C=O) groups excluding carboxylic acids is 1. The molecule has 0 unspecified atom stereocenters. The summed E-state index contributed by atoms with van der Waals surface area (Å²) >= 11 is 0. The second-order valence-corrected chi connectivity index (χ2v) is 4.10. The summed E-state index contributed by atoms with van der Waals surface area (Å²) in [5.74, 6) is 0.334. The van der Waals surface area contributed by atoms with Crippen LogP contribution in [0.2, 0.25) is 0 Å². The van der Waals surface area contributed by atoms with Crippen molar-refractivity contribution >= 4 is 5.97 Å². The highest BCUT2D eigenvalue weighted by Crippen LogP contribution is 2.09. The lowest BCUT2D eigenvalue weighted by Gasteiger charge is -2.07. The molecule has 2 N–H and O–H groups in total. The molecule has 0 aliphatic heterocycles. The zero-order valence-electron chi connectivity index (χ0n) is 11.6. The largest absolute Gasteiger partial charge is 0.461 e. The summed E-state index contributed by atoms with van der Waals surface area (Å²) in [7, 11) is 0. The molecule has 2 rings (SSSR count). The first-order chi connectivity index (χ1) is 9.71.